The number of nitrogens with zero attached hydrogens (tertiary/aromatic N) is 2. The predicted octanol–water partition coefficient (Wildman–Crippen LogP) is 4.65. The zero-order valence-corrected chi connectivity index (χ0v) is 16.1. The Bertz CT molecular complexity index is 876. The summed E-state index contributed by atoms with van der Waals surface area (Å²) in [4.78, 5) is 15.3. The lowest BCUT2D eigenvalue weighted by atomic mass is 9.85. The van der Waals surface area contributed by atoms with Crippen LogP contribution in [0.2, 0.25) is 0 Å². The molecule has 1 atom stereocenters. The summed E-state index contributed by atoms with van der Waals surface area (Å²) in [6.45, 7) is 2.29. The SMILES string of the molecule is N#Cc1ccccc1-c1cccc(C(=O)N(CC2CCC2)C[C@H]2CCCO2)c1. The molecule has 28 heavy (non-hydrogen) atoms. The smallest absolute Gasteiger partial charge is 0.253 e. The quantitative estimate of drug-likeness (QED) is 0.740. The second-order valence-corrected chi connectivity index (χ2v) is 7.88. The molecule has 2 aromatic carbocycles. The molecular weight excluding hydrogens is 348 g/mol. The van der Waals surface area contributed by atoms with Crippen LogP contribution in [-0.2, 0) is 4.74 Å². The van der Waals surface area contributed by atoms with Crippen LogP contribution in [0.1, 0.15) is 48.0 Å². The molecule has 0 N–H and O–H groups in total. The van der Waals surface area contributed by atoms with E-state index in [4.69, 9.17) is 4.74 Å². The molecule has 1 aliphatic heterocycles. The molecule has 1 saturated carbocycles. The highest BCUT2D eigenvalue weighted by Crippen LogP contribution is 2.29. The first kappa shape index (κ1) is 18.7. The molecule has 4 nitrogen and oxygen atoms in total. The fourth-order valence-corrected chi connectivity index (χ4v) is 4.10. The van der Waals surface area contributed by atoms with Crippen molar-refractivity contribution in [1.82, 2.24) is 4.90 Å². The van der Waals surface area contributed by atoms with Gasteiger partial charge in [0.25, 0.3) is 5.91 Å². The van der Waals surface area contributed by atoms with E-state index in [1.807, 2.05) is 53.4 Å². The Labute approximate surface area is 166 Å². The highest BCUT2D eigenvalue weighted by Gasteiger charge is 2.28. The lowest BCUT2D eigenvalue weighted by molar-refractivity contribution is 0.0448. The summed E-state index contributed by atoms with van der Waals surface area (Å²) in [5, 5.41) is 9.40. The van der Waals surface area contributed by atoms with Crippen LogP contribution < -0.4 is 0 Å². The summed E-state index contributed by atoms with van der Waals surface area (Å²) in [5.74, 6) is 0.687. The van der Waals surface area contributed by atoms with Crippen molar-refractivity contribution >= 4 is 5.91 Å². The zero-order valence-electron chi connectivity index (χ0n) is 16.1. The molecular formula is C24H26N2O2. The Morgan fingerprint density at radius 1 is 1.07 bits per heavy atom. The van der Waals surface area contributed by atoms with E-state index in [0.717, 1.165) is 37.1 Å². The fourth-order valence-electron chi connectivity index (χ4n) is 4.10. The number of carbonyl (C=O) groups is 1. The van der Waals surface area contributed by atoms with Crippen molar-refractivity contribution in [3.63, 3.8) is 0 Å². The molecule has 1 amide bonds. The normalized spacial score (nSPS) is 19.0. The van der Waals surface area contributed by atoms with Crippen molar-refractivity contribution in [3.8, 4) is 17.2 Å². The van der Waals surface area contributed by atoms with E-state index >= 15 is 0 Å². The Morgan fingerprint density at radius 3 is 2.64 bits per heavy atom. The first-order valence-corrected chi connectivity index (χ1v) is 10.2. The first-order chi connectivity index (χ1) is 13.7. The predicted molar refractivity (Wildman–Crippen MR) is 109 cm³/mol. The molecule has 2 aromatic rings. The fraction of sp³-hybridized carbons (Fsp3) is 0.417. The third-order valence-corrected chi connectivity index (χ3v) is 5.91. The third-order valence-electron chi connectivity index (χ3n) is 5.91. The number of nitriles is 1. The van der Waals surface area contributed by atoms with Crippen LogP contribution in [0.4, 0.5) is 0 Å². The molecule has 2 aliphatic rings. The van der Waals surface area contributed by atoms with Gasteiger partial charge in [0.1, 0.15) is 0 Å². The van der Waals surface area contributed by atoms with Crippen molar-refractivity contribution in [2.24, 2.45) is 5.92 Å². The van der Waals surface area contributed by atoms with E-state index < -0.39 is 0 Å². The van der Waals surface area contributed by atoms with Gasteiger partial charge in [0.15, 0.2) is 0 Å². The van der Waals surface area contributed by atoms with Crippen LogP contribution in [0.5, 0.6) is 0 Å². The molecule has 1 saturated heterocycles. The summed E-state index contributed by atoms with van der Waals surface area (Å²) < 4.78 is 5.80. The van der Waals surface area contributed by atoms with Crippen molar-refractivity contribution in [2.75, 3.05) is 19.7 Å². The molecule has 0 radical (unpaired) electrons. The minimum atomic E-state index is 0.0682. The number of ether oxygens (including phenoxy) is 1. The van der Waals surface area contributed by atoms with E-state index in [1.54, 1.807) is 0 Å². The van der Waals surface area contributed by atoms with Gasteiger partial charge in [-0.25, -0.2) is 0 Å². The largest absolute Gasteiger partial charge is 0.376 e. The van der Waals surface area contributed by atoms with Gasteiger partial charge in [0.2, 0.25) is 0 Å². The first-order valence-electron chi connectivity index (χ1n) is 10.2. The van der Waals surface area contributed by atoms with Gasteiger partial charge in [-0.05, 0) is 60.9 Å². The average molecular weight is 374 g/mol. The number of amides is 1. The molecule has 0 spiro atoms. The monoisotopic (exact) mass is 374 g/mol. The minimum absolute atomic E-state index is 0.0682. The summed E-state index contributed by atoms with van der Waals surface area (Å²) >= 11 is 0. The van der Waals surface area contributed by atoms with Crippen molar-refractivity contribution < 1.29 is 9.53 Å². The van der Waals surface area contributed by atoms with Crippen LogP contribution in [0.3, 0.4) is 0 Å². The van der Waals surface area contributed by atoms with Gasteiger partial charge in [-0.2, -0.15) is 5.26 Å². The topological polar surface area (TPSA) is 53.3 Å². The number of hydrogen-bond acceptors (Lipinski definition) is 3. The van der Waals surface area contributed by atoms with E-state index in [9.17, 15) is 10.1 Å². The molecule has 0 bridgehead atoms. The lowest BCUT2D eigenvalue weighted by Gasteiger charge is -2.33. The molecule has 4 rings (SSSR count). The zero-order chi connectivity index (χ0) is 19.3. The van der Waals surface area contributed by atoms with Gasteiger partial charge in [-0.15, -0.1) is 0 Å². The average Bonchev–Trinajstić information content (AvgIpc) is 3.22. The maximum absolute atomic E-state index is 13.4. The number of carbonyl (C=O) groups excluding carboxylic acids is 1. The Hall–Kier alpha value is -2.64. The number of rotatable bonds is 6. The van der Waals surface area contributed by atoms with Gasteiger partial charge >= 0.3 is 0 Å². The van der Waals surface area contributed by atoms with Crippen LogP contribution in [0.15, 0.2) is 48.5 Å². The van der Waals surface area contributed by atoms with Gasteiger partial charge < -0.3 is 9.64 Å². The number of hydrogen-bond donors (Lipinski definition) is 0. The summed E-state index contributed by atoms with van der Waals surface area (Å²) in [6, 6.07) is 17.4. The van der Waals surface area contributed by atoms with E-state index in [-0.39, 0.29) is 12.0 Å². The summed E-state index contributed by atoms with van der Waals surface area (Å²) in [5.41, 5.74) is 3.08. The molecule has 0 aromatic heterocycles. The summed E-state index contributed by atoms with van der Waals surface area (Å²) in [6.07, 6.45) is 5.97. The van der Waals surface area contributed by atoms with E-state index in [1.165, 1.54) is 19.3 Å². The standard InChI is InChI=1S/C24H26N2O2/c25-15-21-8-1-2-12-23(21)19-9-4-10-20(14-19)24(27)26(16-18-6-3-7-18)17-22-11-5-13-28-22/h1-2,4,8-10,12,14,18,22H,3,5-7,11,13,16-17H2/t22-/m1/s1. The summed E-state index contributed by atoms with van der Waals surface area (Å²) in [7, 11) is 0. The van der Waals surface area contributed by atoms with Gasteiger partial charge in [0.05, 0.1) is 17.7 Å². The minimum Gasteiger partial charge on any atom is -0.376 e. The molecule has 1 heterocycles. The van der Waals surface area contributed by atoms with Crippen LogP contribution in [0.25, 0.3) is 11.1 Å². The third kappa shape index (κ3) is 4.10. The van der Waals surface area contributed by atoms with Gasteiger partial charge in [-0.3, -0.25) is 4.79 Å². The van der Waals surface area contributed by atoms with Crippen molar-refractivity contribution in [2.45, 2.75) is 38.2 Å². The van der Waals surface area contributed by atoms with Crippen LogP contribution in [-0.4, -0.2) is 36.6 Å². The highest BCUT2D eigenvalue weighted by atomic mass is 16.5. The maximum Gasteiger partial charge on any atom is 0.253 e. The van der Waals surface area contributed by atoms with Crippen molar-refractivity contribution in [3.05, 3.63) is 59.7 Å². The maximum atomic E-state index is 13.4. The van der Waals surface area contributed by atoms with E-state index in [2.05, 4.69) is 6.07 Å². The molecule has 2 fully saturated rings. The molecule has 1 aliphatic carbocycles. The van der Waals surface area contributed by atoms with Gasteiger partial charge in [-0.1, -0.05) is 36.8 Å². The second-order valence-electron chi connectivity index (χ2n) is 7.88. The van der Waals surface area contributed by atoms with Crippen LogP contribution >= 0.6 is 0 Å². The van der Waals surface area contributed by atoms with Gasteiger partial charge in [0, 0.05) is 25.3 Å². The van der Waals surface area contributed by atoms with Crippen LogP contribution in [0, 0.1) is 17.2 Å². The molecule has 144 valence electrons. The molecule has 4 heteroatoms. The Kier molecular flexibility index (Phi) is 5.73. The van der Waals surface area contributed by atoms with Crippen molar-refractivity contribution in [1.29, 1.82) is 5.26 Å². The highest BCUT2D eigenvalue weighted by molar-refractivity contribution is 5.95. The molecule has 0 unspecified atom stereocenters. The number of benzene rings is 2. The lowest BCUT2D eigenvalue weighted by Crippen LogP contribution is -2.41. The Morgan fingerprint density at radius 2 is 1.93 bits per heavy atom. The second kappa shape index (κ2) is 8.58. The Balaban J connectivity index is 1.58. The van der Waals surface area contributed by atoms with E-state index in [0.29, 0.717) is 23.6 Å².